The number of para-hydroxylation sites is 1. The summed E-state index contributed by atoms with van der Waals surface area (Å²) in [5.74, 6) is 2.53. The number of amides is 1. The molecule has 138 valence electrons. The molecular weight excluding hydrogens is 354 g/mol. The maximum Gasteiger partial charge on any atom is 0.263 e. The van der Waals surface area contributed by atoms with Crippen LogP contribution >= 0.6 is 11.3 Å². The van der Waals surface area contributed by atoms with Crippen molar-refractivity contribution in [2.24, 2.45) is 5.92 Å². The first-order valence-corrected chi connectivity index (χ1v) is 10.2. The summed E-state index contributed by atoms with van der Waals surface area (Å²) >= 11 is 1.57. The highest BCUT2D eigenvalue weighted by atomic mass is 32.1. The summed E-state index contributed by atoms with van der Waals surface area (Å²) in [7, 11) is 0. The van der Waals surface area contributed by atoms with Crippen LogP contribution in [-0.4, -0.2) is 23.9 Å². The lowest BCUT2D eigenvalue weighted by molar-refractivity contribution is 0.0702. The number of carbonyl (C=O) groups excluding carboxylic acids is 1. The van der Waals surface area contributed by atoms with E-state index in [2.05, 4.69) is 6.92 Å². The third kappa shape index (κ3) is 4.22. The minimum absolute atomic E-state index is 0.169. The third-order valence-corrected chi connectivity index (χ3v) is 6.13. The molecule has 3 aromatic rings. The number of benzene rings is 2. The van der Waals surface area contributed by atoms with Gasteiger partial charge in [0.05, 0.1) is 4.88 Å². The van der Waals surface area contributed by atoms with Crippen molar-refractivity contribution in [3.63, 3.8) is 0 Å². The van der Waals surface area contributed by atoms with Gasteiger partial charge in [0.1, 0.15) is 11.5 Å². The Morgan fingerprint density at radius 1 is 0.926 bits per heavy atom. The lowest BCUT2D eigenvalue weighted by Crippen LogP contribution is -2.37. The van der Waals surface area contributed by atoms with E-state index in [0.29, 0.717) is 0 Å². The van der Waals surface area contributed by atoms with Gasteiger partial charge in [0.2, 0.25) is 0 Å². The summed E-state index contributed by atoms with van der Waals surface area (Å²) in [5, 5.41) is 0. The van der Waals surface area contributed by atoms with Crippen molar-refractivity contribution in [3.05, 3.63) is 71.6 Å². The Kier molecular flexibility index (Phi) is 5.26. The Morgan fingerprint density at radius 3 is 2.30 bits per heavy atom. The highest BCUT2D eigenvalue weighted by molar-refractivity contribution is 7.17. The van der Waals surface area contributed by atoms with Crippen LogP contribution in [0.25, 0.3) is 10.4 Å². The van der Waals surface area contributed by atoms with Gasteiger partial charge in [-0.05, 0) is 72.9 Å². The molecule has 2 heterocycles. The Balaban J connectivity index is 1.44. The standard InChI is InChI=1S/C23H23NO2S/c1-17-13-15-24(16-14-17)23(25)22-12-11-21(27-22)18-7-9-20(10-8-18)26-19-5-3-2-4-6-19/h2-12,17H,13-16H2,1H3. The van der Waals surface area contributed by atoms with E-state index in [-0.39, 0.29) is 5.91 Å². The number of likely N-dealkylation sites (tertiary alicyclic amines) is 1. The number of rotatable bonds is 4. The molecule has 2 aromatic carbocycles. The number of nitrogens with zero attached hydrogens (tertiary/aromatic N) is 1. The summed E-state index contributed by atoms with van der Waals surface area (Å²) in [6, 6.07) is 21.8. The summed E-state index contributed by atoms with van der Waals surface area (Å²) in [6.45, 7) is 4.01. The zero-order valence-electron chi connectivity index (χ0n) is 15.4. The van der Waals surface area contributed by atoms with E-state index in [1.807, 2.05) is 71.6 Å². The van der Waals surface area contributed by atoms with Crippen LogP contribution in [0.2, 0.25) is 0 Å². The second-order valence-electron chi connectivity index (χ2n) is 7.08. The fraction of sp³-hybridized carbons (Fsp3) is 0.261. The van der Waals surface area contributed by atoms with Gasteiger partial charge in [0.15, 0.2) is 0 Å². The van der Waals surface area contributed by atoms with Crippen LogP contribution in [0.15, 0.2) is 66.7 Å². The van der Waals surface area contributed by atoms with Crippen LogP contribution in [0.1, 0.15) is 29.4 Å². The first kappa shape index (κ1) is 17.8. The molecule has 27 heavy (non-hydrogen) atoms. The Morgan fingerprint density at radius 2 is 1.59 bits per heavy atom. The van der Waals surface area contributed by atoms with Crippen molar-refractivity contribution in [1.82, 2.24) is 4.90 Å². The molecule has 0 saturated carbocycles. The SMILES string of the molecule is CC1CCN(C(=O)c2ccc(-c3ccc(Oc4ccccc4)cc3)s2)CC1. The first-order valence-electron chi connectivity index (χ1n) is 9.41. The predicted octanol–water partition coefficient (Wildman–Crippen LogP) is 6.08. The molecule has 1 aliphatic rings. The van der Waals surface area contributed by atoms with Crippen LogP contribution in [0.3, 0.4) is 0 Å². The lowest BCUT2D eigenvalue weighted by Gasteiger charge is -2.29. The summed E-state index contributed by atoms with van der Waals surface area (Å²) in [5.41, 5.74) is 1.10. The van der Waals surface area contributed by atoms with Crippen LogP contribution in [0.5, 0.6) is 11.5 Å². The third-order valence-electron chi connectivity index (χ3n) is 5.01. The molecule has 0 atom stereocenters. The summed E-state index contributed by atoms with van der Waals surface area (Å²) in [4.78, 5) is 16.6. The van der Waals surface area contributed by atoms with E-state index in [0.717, 1.165) is 58.7 Å². The van der Waals surface area contributed by atoms with Gasteiger partial charge in [-0.2, -0.15) is 0 Å². The van der Waals surface area contributed by atoms with E-state index in [4.69, 9.17) is 4.74 Å². The normalized spacial score (nSPS) is 14.9. The lowest BCUT2D eigenvalue weighted by atomic mass is 9.99. The number of hydrogen-bond acceptors (Lipinski definition) is 3. The van der Waals surface area contributed by atoms with Crippen molar-refractivity contribution >= 4 is 17.2 Å². The molecule has 0 unspecified atom stereocenters. The number of hydrogen-bond donors (Lipinski definition) is 0. The fourth-order valence-corrected chi connectivity index (χ4v) is 4.27. The molecule has 0 radical (unpaired) electrons. The molecule has 0 spiro atoms. The van der Waals surface area contributed by atoms with E-state index in [1.165, 1.54) is 0 Å². The van der Waals surface area contributed by atoms with Crippen molar-refractivity contribution in [2.75, 3.05) is 13.1 Å². The van der Waals surface area contributed by atoms with Gasteiger partial charge < -0.3 is 9.64 Å². The van der Waals surface area contributed by atoms with Crippen molar-refractivity contribution in [1.29, 1.82) is 0 Å². The zero-order chi connectivity index (χ0) is 18.6. The van der Waals surface area contributed by atoms with Crippen molar-refractivity contribution in [3.8, 4) is 21.9 Å². The summed E-state index contributed by atoms with van der Waals surface area (Å²) in [6.07, 6.45) is 2.21. The van der Waals surface area contributed by atoms with Gasteiger partial charge in [0.25, 0.3) is 5.91 Å². The van der Waals surface area contributed by atoms with Gasteiger partial charge in [-0.3, -0.25) is 4.79 Å². The molecule has 0 N–H and O–H groups in total. The average Bonchev–Trinajstić information content (AvgIpc) is 3.20. The number of ether oxygens (including phenoxy) is 1. The Labute approximate surface area is 164 Å². The molecule has 0 aliphatic carbocycles. The molecule has 1 aliphatic heterocycles. The van der Waals surface area contributed by atoms with Crippen LogP contribution in [0.4, 0.5) is 0 Å². The predicted molar refractivity (Wildman–Crippen MR) is 111 cm³/mol. The molecule has 4 heteroatoms. The topological polar surface area (TPSA) is 29.5 Å². The second kappa shape index (κ2) is 7.97. The Hall–Kier alpha value is -2.59. The number of thiophene rings is 1. The number of piperidine rings is 1. The quantitative estimate of drug-likeness (QED) is 0.551. The second-order valence-corrected chi connectivity index (χ2v) is 8.16. The maximum absolute atomic E-state index is 12.7. The van der Waals surface area contributed by atoms with E-state index >= 15 is 0 Å². The van der Waals surface area contributed by atoms with Gasteiger partial charge in [0, 0.05) is 18.0 Å². The average molecular weight is 378 g/mol. The molecule has 1 aromatic heterocycles. The van der Waals surface area contributed by atoms with Gasteiger partial charge in [-0.15, -0.1) is 11.3 Å². The maximum atomic E-state index is 12.7. The van der Waals surface area contributed by atoms with Crippen LogP contribution in [0, 0.1) is 5.92 Å². The Bertz CT molecular complexity index is 894. The molecular formula is C23H23NO2S. The van der Waals surface area contributed by atoms with E-state index in [1.54, 1.807) is 11.3 Å². The van der Waals surface area contributed by atoms with Gasteiger partial charge in [-0.1, -0.05) is 25.1 Å². The highest BCUT2D eigenvalue weighted by Gasteiger charge is 2.22. The van der Waals surface area contributed by atoms with E-state index < -0.39 is 0 Å². The van der Waals surface area contributed by atoms with Crippen molar-refractivity contribution < 1.29 is 9.53 Å². The first-order chi connectivity index (χ1) is 13.2. The van der Waals surface area contributed by atoms with Gasteiger partial charge >= 0.3 is 0 Å². The monoisotopic (exact) mass is 377 g/mol. The van der Waals surface area contributed by atoms with Crippen LogP contribution < -0.4 is 4.74 Å². The molecule has 3 nitrogen and oxygen atoms in total. The molecule has 1 amide bonds. The van der Waals surface area contributed by atoms with Crippen molar-refractivity contribution in [2.45, 2.75) is 19.8 Å². The molecule has 1 fully saturated rings. The fourth-order valence-electron chi connectivity index (χ4n) is 3.29. The largest absolute Gasteiger partial charge is 0.457 e. The van der Waals surface area contributed by atoms with Gasteiger partial charge in [-0.25, -0.2) is 0 Å². The molecule has 4 rings (SSSR count). The smallest absolute Gasteiger partial charge is 0.263 e. The minimum Gasteiger partial charge on any atom is -0.457 e. The van der Waals surface area contributed by atoms with Crippen LogP contribution in [-0.2, 0) is 0 Å². The highest BCUT2D eigenvalue weighted by Crippen LogP contribution is 2.31. The zero-order valence-corrected chi connectivity index (χ0v) is 16.2. The minimum atomic E-state index is 0.169. The number of carbonyl (C=O) groups is 1. The molecule has 0 bridgehead atoms. The molecule has 1 saturated heterocycles. The summed E-state index contributed by atoms with van der Waals surface area (Å²) < 4.78 is 5.84. The van der Waals surface area contributed by atoms with E-state index in [9.17, 15) is 4.79 Å².